The lowest BCUT2D eigenvalue weighted by Crippen LogP contribution is -2.54. The van der Waals surface area contributed by atoms with Gasteiger partial charge in [0.15, 0.2) is 0 Å². The Bertz CT molecular complexity index is 341. The van der Waals surface area contributed by atoms with Gasteiger partial charge in [0.05, 0.1) is 0 Å². The molecule has 1 N–H and O–H groups in total. The summed E-state index contributed by atoms with van der Waals surface area (Å²) in [6, 6.07) is 1.43. The van der Waals surface area contributed by atoms with Crippen molar-refractivity contribution >= 4 is 0 Å². The van der Waals surface area contributed by atoms with Gasteiger partial charge in [0.2, 0.25) is 0 Å². The Morgan fingerprint density at radius 2 is 1.85 bits per heavy atom. The third kappa shape index (κ3) is 2.43. The first-order chi connectivity index (χ1) is 9.43. The molecule has 2 aliphatic carbocycles. The molecule has 3 rings (SSSR count). The largest absolute Gasteiger partial charge is 0.311 e. The van der Waals surface area contributed by atoms with E-state index in [2.05, 4.69) is 37.9 Å². The fraction of sp³-hybridized carbons (Fsp3) is 1.00. The number of fused-ring (bicyclic) bond motifs is 2. The normalized spacial score (nSPS) is 42.0. The van der Waals surface area contributed by atoms with Crippen LogP contribution >= 0.6 is 0 Å². The number of piperidine rings is 1. The number of nitrogens with zero attached hydrogens (tertiary/aromatic N) is 1. The molecule has 4 atom stereocenters. The standard InChI is InChI=1S/C18H34N2/c1-14(20-10-6-5-7-11-20)13-19-16-17(2,3)15-8-9-18(16,4)12-15/h14-16,19H,5-13H2,1-4H3/t14?,15-,16?,18+/m0/s1. The highest BCUT2D eigenvalue weighted by molar-refractivity contribution is 5.12. The van der Waals surface area contributed by atoms with Gasteiger partial charge in [-0.25, -0.2) is 0 Å². The molecular formula is C18H34N2. The van der Waals surface area contributed by atoms with Crippen LogP contribution in [-0.4, -0.2) is 36.6 Å². The number of nitrogens with one attached hydrogen (secondary N) is 1. The van der Waals surface area contributed by atoms with Gasteiger partial charge in [-0.3, -0.25) is 4.90 Å². The zero-order valence-corrected chi connectivity index (χ0v) is 14.0. The van der Waals surface area contributed by atoms with E-state index in [0.717, 1.165) is 12.0 Å². The van der Waals surface area contributed by atoms with Crippen molar-refractivity contribution in [3.8, 4) is 0 Å². The van der Waals surface area contributed by atoms with Gasteiger partial charge in [-0.1, -0.05) is 27.2 Å². The summed E-state index contributed by atoms with van der Waals surface area (Å²) >= 11 is 0. The van der Waals surface area contributed by atoms with Crippen LogP contribution in [-0.2, 0) is 0 Å². The maximum atomic E-state index is 4.00. The molecule has 0 aromatic carbocycles. The van der Waals surface area contributed by atoms with Gasteiger partial charge in [0.25, 0.3) is 0 Å². The summed E-state index contributed by atoms with van der Waals surface area (Å²) in [6.07, 6.45) is 8.60. The van der Waals surface area contributed by atoms with Crippen LogP contribution in [0, 0.1) is 16.7 Å². The zero-order chi connectivity index (χ0) is 14.4. The number of likely N-dealkylation sites (tertiary alicyclic amines) is 1. The van der Waals surface area contributed by atoms with Gasteiger partial charge in [0, 0.05) is 18.6 Å². The molecule has 0 aromatic rings. The molecule has 2 saturated carbocycles. The Balaban J connectivity index is 1.57. The lowest BCUT2D eigenvalue weighted by atomic mass is 9.68. The van der Waals surface area contributed by atoms with Crippen molar-refractivity contribution in [2.45, 2.75) is 78.3 Å². The molecule has 116 valence electrons. The van der Waals surface area contributed by atoms with E-state index in [1.807, 2.05) is 0 Å². The monoisotopic (exact) mass is 278 g/mol. The Kier molecular flexibility index (Phi) is 3.92. The average molecular weight is 278 g/mol. The van der Waals surface area contributed by atoms with Crippen molar-refractivity contribution in [1.82, 2.24) is 10.2 Å². The minimum absolute atomic E-state index is 0.495. The molecule has 0 amide bonds. The average Bonchev–Trinajstić information content (AvgIpc) is 2.90. The first-order valence-electron chi connectivity index (χ1n) is 8.91. The Morgan fingerprint density at radius 3 is 2.45 bits per heavy atom. The minimum atomic E-state index is 0.495. The van der Waals surface area contributed by atoms with Crippen molar-refractivity contribution in [2.75, 3.05) is 19.6 Å². The maximum Gasteiger partial charge on any atom is 0.0192 e. The van der Waals surface area contributed by atoms with Crippen molar-refractivity contribution in [2.24, 2.45) is 16.7 Å². The Hall–Kier alpha value is -0.0800. The molecule has 1 saturated heterocycles. The smallest absolute Gasteiger partial charge is 0.0192 e. The lowest BCUT2D eigenvalue weighted by Gasteiger charge is -2.44. The molecule has 2 bridgehead atoms. The molecule has 0 aromatic heterocycles. The first-order valence-corrected chi connectivity index (χ1v) is 8.91. The second-order valence-corrected chi connectivity index (χ2v) is 8.70. The molecule has 3 aliphatic rings. The fourth-order valence-electron chi connectivity index (χ4n) is 5.59. The van der Waals surface area contributed by atoms with E-state index in [9.17, 15) is 0 Å². The molecule has 3 fully saturated rings. The Labute approximate surface area is 125 Å². The van der Waals surface area contributed by atoms with E-state index in [0.29, 0.717) is 16.9 Å². The van der Waals surface area contributed by atoms with Gasteiger partial charge in [-0.05, 0) is 68.9 Å². The molecule has 0 radical (unpaired) electrons. The molecular weight excluding hydrogens is 244 g/mol. The highest BCUT2D eigenvalue weighted by atomic mass is 15.2. The predicted molar refractivity (Wildman–Crippen MR) is 85.9 cm³/mol. The van der Waals surface area contributed by atoms with Crippen molar-refractivity contribution < 1.29 is 0 Å². The third-order valence-corrected chi connectivity index (χ3v) is 6.90. The molecule has 2 heteroatoms. The predicted octanol–water partition coefficient (Wildman–Crippen LogP) is 3.67. The molecule has 2 unspecified atom stereocenters. The van der Waals surface area contributed by atoms with Crippen LogP contribution in [0.15, 0.2) is 0 Å². The van der Waals surface area contributed by atoms with E-state index in [-0.39, 0.29) is 0 Å². The SMILES string of the molecule is CC(CNC1C(C)(C)[C@H]2CC[C@]1(C)C2)N1CCCCC1. The summed E-state index contributed by atoms with van der Waals surface area (Å²) in [5.41, 5.74) is 1.06. The van der Waals surface area contributed by atoms with E-state index < -0.39 is 0 Å². The number of rotatable bonds is 4. The van der Waals surface area contributed by atoms with E-state index in [4.69, 9.17) is 0 Å². The third-order valence-electron chi connectivity index (χ3n) is 6.90. The first kappa shape index (κ1) is 14.8. The minimum Gasteiger partial charge on any atom is -0.311 e. The van der Waals surface area contributed by atoms with E-state index in [1.54, 1.807) is 0 Å². The highest BCUT2D eigenvalue weighted by Crippen LogP contribution is 2.62. The molecule has 0 spiro atoms. The number of hydrogen-bond acceptors (Lipinski definition) is 2. The zero-order valence-electron chi connectivity index (χ0n) is 14.0. The molecule has 1 heterocycles. The van der Waals surface area contributed by atoms with Gasteiger partial charge in [-0.15, -0.1) is 0 Å². The molecule has 20 heavy (non-hydrogen) atoms. The quantitative estimate of drug-likeness (QED) is 0.844. The fourth-order valence-corrected chi connectivity index (χ4v) is 5.59. The maximum absolute atomic E-state index is 4.00. The van der Waals surface area contributed by atoms with Gasteiger partial charge < -0.3 is 5.32 Å². The summed E-state index contributed by atoms with van der Waals surface area (Å²) in [5, 5.41) is 4.00. The van der Waals surface area contributed by atoms with Crippen LogP contribution < -0.4 is 5.32 Å². The summed E-state index contributed by atoms with van der Waals surface area (Å²) in [5.74, 6) is 0.954. The van der Waals surface area contributed by atoms with Gasteiger partial charge in [0.1, 0.15) is 0 Å². The van der Waals surface area contributed by atoms with Crippen LogP contribution in [0.5, 0.6) is 0 Å². The second kappa shape index (κ2) is 5.28. The lowest BCUT2D eigenvalue weighted by molar-refractivity contribution is 0.0942. The van der Waals surface area contributed by atoms with Crippen LogP contribution in [0.25, 0.3) is 0 Å². The highest BCUT2D eigenvalue weighted by Gasteiger charge is 2.58. The van der Waals surface area contributed by atoms with E-state index in [1.165, 1.54) is 58.2 Å². The summed E-state index contributed by atoms with van der Waals surface area (Å²) in [6.45, 7) is 13.8. The molecule has 2 nitrogen and oxygen atoms in total. The van der Waals surface area contributed by atoms with Crippen LogP contribution in [0.4, 0.5) is 0 Å². The van der Waals surface area contributed by atoms with Crippen LogP contribution in [0.2, 0.25) is 0 Å². The van der Waals surface area contributed by atoms with Crippen molar-refractivity contribution in [1.29, 1.82) is 0 Å². The van der Waals surface area contributed by atoms with Crippen molar-refractivity contribution in [3.63, 3.8) is 0 Å². The molecule has 1 aliphatic heterocycles. The van der Waals surface area contributed by atoms with Crippen LogP contribution in [0.1, 0.15) is 66.2 Å². The van der Waals surface area contributed by atoms with Gasteiger partial charge >= 0.3 is 0 Å². The van der Waals surface area contributed by atoms with Crippen molar-refractivity contribution in [3.05, 3.63) is 0 Å². The van der Waals surface area contributed by atoms with Gasteiger partial charge in [-0.2, -0.15) is 0 Å². The number of hydrogen-bond donors (Lipinski definition) is 1. The summed E-state index contributed by atoms with van der Waals surface area (Å²) in [4.78, 5) is 2.69. The van der Waals surface area contributed by atoms with Crippen LogP contribution in [0.3, 0.4) is 0 Å². The summed E-state index contributed by atoms with van der Waals surface area (Å²) < 4.78 is 0. The van der Waals surface area contributed by atoms with E-state index >= 15 is 0 Å². The second-order valence-electron chi connectivity index (χ2n) is 8.70. The Morgan fingerprint density at radius 1 is 1.15 bits per heavy atom. The summed E-state index contributed by atoms with van der Waals surface area (Å²) in [7, 11) is 0. The topological polar surface area (TPSA) is 15.3 Å².